The average molecular weight is 340 g/mol. The van der Waals surface area contributed by atoms with Crippen molar-refractivity contribution in [3.05, 3.63) is 36.7 Å². The topological polar surface area (TPSA) is 75.9 Å². The smallest absolute Gasteiger partial charge is 0.269 e. The molecule has 1 aliphatic carbocycles. The van der Waals surface area contributed by atoms with Crippen LogP contribution in [-0.4, -0.2) is 45.3 Å². The fourth-order valence-electron chi connectivity index (χ4n) is 3.71. The van der Waals surface area contributed by atoms with Crippen molar-refractivity contribution >= 4 is 11.6 Å². The standard InChI is InChI=1S/C18H24N6O/c25-18(21-11-14-8-16(9-14)24-13-19-12-22-24)17-10-15(4-5-20-17)23-6-2-1-3-7-23/h4-5,10,12-14,16H,1-3,6-9,11H2,(H,21,25). The van der Waals surface area contributed by atoms with E-state index in [1.807, 2.05) is 16.8 Å². The maximum Gasteiger partial charge on any atom is 0.269 e. The maximum absolute atomic E-state index is 12.4. The molecule has 1 N–H and O–H groups in total. The Morgan fingerprint density at radius 2 is 2.08 bits per heavy atom. The molecule has 4 rings (SSSR count). The minimum atomic E-state index is -0.0805. The summed E-state index contributed by atoms with van der Waals surface area (Å²) in [5.74, 6) is 0.423. The van der Waals surface area contributed by atoms with Crippen LogP contribution in [0.25, 0.3) is 0 Å². The van der Waals surface area contributed by atoms with Crippen molar-refractivity contribution < 1.29 is 4.79 Å². The predicted octanol–water partition coefficient (Wildman–Crippen LogP) is 2.04. The predicted molar refractivity (Wildman–Crippen MR) is 94.4 cm³/mol. The number of hydrogen-bond acceptors (Lipinski definition) is 5. The van der Waals surface area contributed by atoms with Crippen molar-refractivity contribution in [3.63, 3.8) is 0 Å². The molecule has 1 saturated heterocycles. The van der Waals surface area contributed by atoms with Gasteiger partial charge in [0.05, 0.1) is 6.04 Å². The van der Waals surface area contributed by atoms with E-state index in [9.17, 15) is 4.79 Å². The molecule has 2 aromatic rings. The Bertz CT molecular complexity index is 704. The Morgan fingerprint density at radius 3 is 2.84 bits per heavy atom. The van der Waals surface area contributed by atoms with Crippen LogP contribution in [0.4, 0.5) is 5.69 Å². The van der Waals surface area contributed by atoms with Gasteiger partial charge in [0.15, 0.2) is 0 Å². The molecular formula is C18H24N6O. The molecule has 0 spiro atoms. The van der Waals surface area contributed by atoms with Gasteiger partial charge in [-0.15, -0.1) is 0 Å². The fraction of sp³-hybridized carbons (Fsp3) is 0.556. The number of rotatable bonds is 5. The van der Waals surface area contributed by atoms with E-state index in [4.69, 9.17) is 0 Å². The summed E-state index contributed by atoms with van der Waals surface area (Å²) in [5, 5.41) is 7.20. The largest absolute Gasteiger partial charge is 0.371 e. The third-order valence-corrected chi connectivity index (χ3v) is 5.27. The maximum atomic E-state index is 12.4. The summed E-state index contributed by atoms with van der Waals surface area (Å²) < 4.78 is 1.90. The summed E-state index contributed by atoms with van der Waals surface area (Å²) >= 11 is 0. The van der Waals surface area contributed by atoms with Crippen LogP contribution in [0.2, 0.25) is 0 Å². The first kappa shape index (κ1) is 16.1. The number of carbonyl (C=O) groups excluding carboxylic acids is 1. The Balaban J connectivity index is 1.28. The number of anilines is 1. The Labute approximate surface area is 147 Å². The van der Waals surface area contributed by atoms with Crippen LogP contribution in [0, 0.1) is 5.92 Å². The first-order valence-corrected chi connectivity index (χ1v) is 9.13. The monoisotopic (exact) mass is 340 g/mol. The molecule has 7 heteroatoms. The first-order valence-electron chi connectivity index (χ1n) is 9.13. The summed E-state index contributed by atoms with van der Waals surface area (Å²) in [4.78, 5) is 23.0. The third kappa shape index (κ3) is 3.65. The average Bonchev–Trinajstić information content (AvgIpc) is 3.15. The normalized spacial score (nSPS) is 23.1. The van der Waals surface area contributed by atoms with E-state index in [0.717, 1.165) is 31.6 Å². The molecule has 0 unspecified atom stereocenters. The molecule has 2 aromatic heterocycles. The summed E-state index contributed by atoms with van der Waals surface area (Å²) in [7, 11) is 0. The molecule has 1 saturated carbocycles. The lowest BCUT2D eigenvalue weighted by molar-refractivity contribution is 0.0918. The van der Waals surface area contributed by atoms with Gasteiger partial charge in [-0.2, -0.15) is 5.10 Å². The fourth-order valence-corrected chi connectivity index (χ4v) is 3.71. The Kier molecular flexibility index (Phi) is 4.63. The van der Waals surface area contributed by atoms with Crippen LogP contribution < -0.4 is 10.2 Å². The Hall–Kier alpha value is -2.44. The van der Waals surface area contributed by atoms with E-state index in [2.05, 4.69) is 25.3 Å². The highest BCUT2D eigenvalue weighted by Crippen LogP contribution is 2.36. The summed E-state index contributed by atoms with van der Waals surface area (Å²) in [6, 6.07) is 4.33. The van der Waals surface area contributed by atoms with E-state index in [0.29, 0.717) is 24.2 Å². The molecule has 1 aliphatic heterocycles. The minimum Gasteiger partial charge on any atom is -0.371 e. The van der Waals surface area contributed by atoms with E-state index < -0.39 is 0 Å². The number of pyridine rings is 1. The van der Waals surface area contributed by atoms with E-state index in [1.165, 1.54) is 19.3 Å². The number of piperidine rings is 1. The molecule has 2 fully saturated rings. The number of carbonyl (C=O) groups is 1. The molecular weight excluding hydrogens is 316 g/mol. The Morgan fingerprint density at radius 1 is 1.24 bits per heavy atom. The second kappa shape index (κ2) is 7.21. The van der Waals surface area contributed by atoms with Crippen molar-refractivity contribution in [1.29, 1.82) is 0 Å². The van der Waals surface area contributed by atoms with Gasteiger partial charge < -0.3 is 10.2 Å². The van der Waals surface area contributed by atoms with Crippen molar-refractivity contribution in [2.75, 3.05) is 24.5 Å². The second-order valence-electron chi connectivity index (χ2n) is 7.02. The van der Waals surface area contributed by atoms with Crippen LogP contribution in [0.1, 0.15) is 48.6 Å². The van der Waals surface area contributed by atoms with Gasteiger partial charge in [0.2, 0.25) is 0 Å². The molecule has 0 aromatic carbocycles. The zero-order chi connectivity index (χ0) is 17.1. The molecule has 0 atom stereocenters. The summed E-state index contributed by atoms with van der Waals surface area (Å²) in [5.41, 5.74) is 1.62. The molecule has 0 bridgehead atoms. The third-order valence-electron chi connectivity index (χ3n) is 5.27. The lowest BCUT2D eigenvalue weighted by Crippen LogP contribution is -2.37. The van der Waals surface area contributed by atoms with Crippen LogP contribution in [0.5, 0.6) is 0 Å². The molecule has 132 valence electrons. The summed E-state index contributed by atoms with van der Waals surface area (Å²) in [6.07, 6.45) is 10.9. The molecule has 7 nitrogen and oxygen atoms in total. The number of amides is 1. The van der Waals surface area contributed by atoms with Crippen LogP contribution in [0.15, 0.2) is 31.0 Å². The van der Waals surface area contributed by atoms with Crippen molar-refractivity contribution in [1.82, 2.24) is 25.1 Å². The van der Waals surface area contributed by atoms with Crippen LogP contribution in [0.3, 0.4) is 0 Å². The zero-order valence-electron chi connectivity index (χ0n) is 14.3. The molecule has 3 heterocycles. The number of aromatic nitrogens is 4. The number of hydrogen-bond donors (Lipinski definition) is 1. The van der Waals surface area contributed by atoms with Gasteiger partial charge in [-0.3, -0.25) is 9.78 Å². The highest BCUT2D eigenvalue weighted by Gasteiger charge is 2.31. The molecule has 2 aliphatic rings. The molecule has 1 amide bonds. The van der Waals surface area contributed by atoms with E-state index >= 15 is 0 Å². The van der Waals surface area contributed by atoms with Gasteiger partial charge >= 0.3 is 0 Å². The van der Waals surface area contributed by atoms with Crippen molar-refractivity contribution in [3.8, 4) is 0 Å². The van der Waals surface area contributed by atoms with Gasteiger partial charge in [0.25, 0.3) is 5.91 Å². The summed E-state index contributed by atoms with van der Waals surface area (Å²) in [6.45, 7) is 2.83. The SMILES string of the molecule is O=C(NCC1CC(n2cncn2)C1)c1cc(N2CCCCC2)ccn1. The van der Waals surface area contributed by atoms with E-state index in [1.54, 1.807) is 18.9 Å². The molecule has 25 heavy (non-hydrogen) atoms. The highest BCUT2D eigenvalue weighted by atomic mass is 16.1. The number of nitrogens with zero attached hydrogens (tertiary/aromatic N) is 5. The lowest BCUT2D eigenvalue weighted by Gasteiger charge is -2.35. The van der Waals surface area contributed by atoms with Gasteiger partial charge in [0, 0.05) is 31.5 Å². The highest BCUT2D eigenvalue weighted by molar-refractivity contribution is 5.93. The minimum absolute atomic E-state index is 0.0805. The van der Waals surface area contributed by atoms with Gasteiger partial charge in [-0.05, 0) is 50.2 Å². The molecule has 0 radical (unpaired) electrons. The van der Waals surface area contributed by atoms with Gasteiger partial charge in [-0.1, -0.05) is 0 Å². The van der Waals surface area contributed by atoms with Crippen LogP contribution in [-0.2, 0) is 0 Å². The number of nitrogens with one attached hydrogen (secondary N) is 1. The van der Waals surface area contributed by atoms with Crippen LogP contribution >= 0.6 is 0 Å². The van der Waals surface area contributed by atoms with Gasteiger partial charge in [-0.25, -0.2) is 9.67 Å². The zero-order valence-corrected chi connectivity index (χ0v) is 14.3. The van der Waals surface area contributed by atoms with E-state index in [-0.39, 0.29) is 5.91 Å². The lowest BCUT2D eigenvalue weighted by atomic mass is 9.80. The van der Waals surface area contributed by atoms with Crippen molar-refractivity contribution in [2.24, 2.45) is 5.92 Å². The quantitative estimate of drug-likeness (QED) is 0.901. The van der Waals surface area contributed by atoms with Crippen molar-refractivity contribution in [2.45, 2.75) is 38.1 Å². The second-order valence-corrected chi connectivity index (χ2v) is 7.02. The first-order chi connectivity index (χ1) is 12.3. The van der Waals surface area contributed by atoms with Gasteiger partial charge in [0.1, 0.15) is 18.3 Å².